The molecule has 158 valence electrons. The van der Waals surface area contributed by atoms with Crippen LogP contribution in [0.15, 0.2) is 34.8 Å². The number of methoxy groups -OCH3 is 1. The van der Waals surface area contributed by atoms with Gasteiger partial charge in [0.2, 0.25) is 5.91 Å². The van der Waals surface area contributed by atoms with E-state index in [2.05, 4.69) is 32.4 Å². The molecule has 1 aliphatic carbocycles. The molecule has 2 aromatic heterocycles. The molecule has 0 unspecified atom stereocenters. The zero-order valence-corrected chi connectivity index (χ0v) is 18.9. The number of fused-ring (bicyclic) bond motifs is 1. The van der Waals surface area contributed by atoms with Gasteiger partial charge in [-0.1, -0.05) is 24.8 Å². The van der Waals surface area contributed by atoms with E-state index in [0.29, 0.717) is 5.75 Å². The lowest BCUT2D eigenvalue weighted by Crippen LogP contribution is -2.14. The Morgan fingerprint density at radius 2 is 2.17 bits per heavy atom. The zero-order valence-electron chi connectivity index (χ0n) is 17.3. The number of hydrogen-bond acceptors (Lipinski definition) is 6. The molecule has 1 amide bonds. The number of amides is 1. The lowest BCUT2D eigenvalue weighted by atomic mass is 9.95. The van der Waals surface area contributed by atoms with Gasteiger partial charge < -0.3 is 14.6 Å². The number of aromatic nitrogens is 3. The van der Waals surface area contributed by atoms with E-state index in [1.165, 1.54) is 47.0 Å². The molecule has 0 spiro atoms. The van der Waals surface area contributed by atoms with Crippen LogP contribution in [0.4, 0.5) is 5.69 Å². The van der Waals surface area contributed by atoms with Gasteiger partial charge in [0.05, 0.1) is 12.9 Å². The molecule has 0 radical (unpaired) electrons. The highest BCUT2D eigenvalue weighted by atomic mass is 32.2. The Bertz CT molecular complexity index is 1030. The average Bonchev–Trinajstić information content (AvgIpc) is 3.36. The maximum absolute atomic E-state index is 12.5. The second kappa shape index (κ2) is 9.66. The normalized spacial score (nSPS) is 13.1. The first-order valence-corrected chi connectivity index (χ1v) is 12.2. The van der Waals surface area contributed by atoms with E-state index in [0.717, 1.165) is 36.1 Å². The monoisotopic (exact) mass is 442 g/mol. The van der Waals surface area contributed by atoms with Crippen LogP contribution in [0.1, 0.15) is 36.6 Å². The van der Waals surface area contributed by atoms with Gasteiger partial charge in [-0.05, 0) is 49.8 Å². The van der Waals surface area contributed by atoms with Crippen molar-refractivity contribution in [2.24, 2.45) is 0 Å². The van der Waals surface area contributed by atoms with Crippen molar-refractivity contribution in [3.05, 3.63) is 40.1 Å². The first-order chi connectivity index (χ1) is 14.7. The van der Waals surface area contributed by atoms with Crippen molar-refractivity contribution in [3.8, 4) is 17.1 Å². The molecule has 0 aliphatic heterocycles. The quantitative estimate of drug-likeness (QED) is 0.495. The van der Waals surface area contributed by atoms with Crippen molar-refractivity contribution in [3.63, 3.8) is 0 Å². The molecule has 1 N–H and O–H groups in total. The number of thiophene rings is 1. The van der Waals surface area contributed by atoms with Crippen LogP contribution in [0.3, 0.4) is 0 Å². The molecule has 4 rings (SSSR count). The molecule has 8 heteroatoms. The summed E-state index contributed by atoms with van der Waals surface area (Å²) in [5.41, 5.74) is 3.40. The number of aryl methyl sites for hydroxylation is 1. The summed E-state index contributed by atoms with van der Waals surface area (Å²) in [6, 6.07) is 7.36. The fourth-order valence-corrected chi connectivity index (χ4v) is 5.62. The standard InChI is InChI=1S/C22H26N4O2S2/c1-3-11-26-21(18-13-29-19-10-5-4-9-17(18)19)24-25-22(26)30-14-20(27)23-15-7-6-8-16(12-15)28-2/h6-8,12-13H,3-5,9-11,14H2,1-2H3,(H,23,27). The minimum Gasteiger partial charge on any atom is -0.497 e. The Balaban J connectivity index is 1.48. The molecule has 0 saturated carbocycles. The lowest BCUT2D eigenvalue weighted by Gasteiger charge is -2.13. The Morgan fingerprint density at radius 1 is 1.30 bits per heavy atom. The Hall–Kier alpha value is -2.32. The summed E-state index contributed by atoms with van der Waals surface area (Å²) in [5, 5.41) is 14.9. The second-order valence-electron chi connectivity index (χ2n) is 7.28. The highest BCUT2D eigenvalue weighted by Gasteiger charge is 2.22. The van der Waals surface area contributed by atoms with Crippen LogP contribution >= 0.6 is 23.1 Å². The minimum atomic E-state index is -0.0752. The summed E-state index contributed by atoms with van der Waals surface area (Å²) in [6.07, 6.45) is 5.80. The Morgan fingerprint density at radius 3 is 3.00 bits per heavy atom. The van der Waals surface area contributed by atoms with Crippen molar-refractivity contribution >= 4 is 34.7 Å². The fraction of sp³-hybridized carbons (Fsp3) is 0.409. The van der Waals surface area contributed by atoms with Crippen molar-refractivity contribution in [1.82, 2.24) is 14.8 Å². The third-order valence-electron chi connectivity index (χ3n) is 5.15. The van der Waals surface area contributed by atoms with Gasteiger partial charge in [0.25, 0.3) is 0 Å². The molecule has 1 aliphatic rings. The van der Waals surface area contributed by atoms with Crippen molar-refractivity contribution in [2.75, 3.05) is 18.2 Å². The van der Waals surface area contributed by atoms with E-state index >= 15 is 0 Å². The molecule has 3 aromatic rings. The fourth-order valence-electron chi connectivity index (χ4n) is 3.73. The van der Waals surface area contributed by atoms with Gasteiger partial charge in [-0.3, -0.25) is 4.79 Å². The van der Waals surface area contributed by atoms with Gasteiger partial charge in [-0.15, -0.1) is 21.5 Å². The van der Waals surface area contributed by atoms with E-state index < -0.39 is 0 Å². The Kier molecular flexibility index (Phi) is 6.74. The Labute approximate surface area is 185 Å². The smallest absolute Gasteiger partial charge is 0.234 e. The van der Waals surface area contributed by atoms with Crippen LogP contribution in [0, 0.1) is 0 Å². The summed E-state index contributed by atoms with van der Waals surface area (Å²) < 4.78 is 7.38. The predicted octanol–water partition coefficient (Wildman–Crippen LogP) is 5.03. The molecule has 0 bridgehead atoms. The van der Waals surface area contributed by atoms with E-state index in [1.807, 2.05) is 29.5 Å². The first kappa shape index (κ1) is 20.9. The van der Waals surface area contributed by atoms with Crippen molar-refractivity contribution in [1.29, 1.82) is 0 Å². The summed E-state index contributed by atoms with van der Waals surface area (Å²) in [6.45, 7) is 2.99. The number of hydrogen-bond donors (Lipinski definition) is 1. The lowest BCUT2D eigenvalue weighted by molar-refractivity contribution is -0.113. The van der Waals surface area contributed by atoms with Gasteiger partial charge in [0.15, 0.2) is 11.0 Å². The highest BCUT2D eigenvalue weighted by Crippen LogP contribution is 2.37. The van der Waals surface area contributed by atoms with Gasteiger partial charge in [0.1, 0.15) is 5.75 Å². The molecule has 1 aromatic carbocycles. The average molecular weight is 443 g/mol. The molecular formula is C22H26N4O2S2. The maximum atomic E-state index is 12.5. The van der Waals surface area contributed by atoms with E-state index in [1.54, 1.807) is 13.2 Å². The molecule has 30 heavy (non-hydrogen) atoms. The zero-order chi connectivity index (χ0) is 20.9. The van der Waals surface area contributed by atoms with Gasteiger partial charge in [-0.25, -0.2) is 0 Å². The molecule has 0 atom stereocenters. The number of anilines is 1. The van der Waals surface area contributed by atoms with Gasteiger partial charge in [0, 0.05) is 34.1 Å². The minimum absolute atomic E-state index is 0.0752. The molecule has 0 saturated heterocycles. The topological polar surface area (TPSA) is 69.0 Å². The SMILES string of the molecule is CCCn1c(SCC(=O)Nc2cccc(OC)c2)nnc1-c1csc2c1CCCC2. The van der Waals surface area contributed by atoms with Crippen LogP contribution in [-0.4, -0.2) is 33.5 Å². The molecular weight excluding hydrogens is 416 g/mol. The summed E-state index contributed by atoms with van der Waals surface area (Å²) in [7, 11) is 1.61. The number of thioether (sulfide) groups is 1. The molecule has 0 fully saturated rings. The first-order valence-electron chi connectivity index (χ1n) is 10.3. The van der Waals surface area contributed by atoms with Gasteiger partial charge in [-0.2, -0.15) is 0 Å². The van der Waals surface area contributed by atoms with Crippen LogP contribution in [0.25, 0.3) is 11.4 Å². The maximum Gasteiger partial charge on any atom is 0.234 e. The predicted molar refractivity (Wildman–Crippen MR) is 123 cm³/mol. The number of nitrogens with one attached hydrogen (secondary N) is 1. The van der Waals surface area contributed by atoms with Crippen molar-refractivity contribution < 1.29 is 9.53 Å². The third-order valence-corrected chi connectivity index (χ3v) is 7.21. The van der Waals surface area contributed by atoms with Crippen LogP contribution in [0.2, 0.25) is 0 Å². The summed E-state index contributed by atoms with van der Waals surface area (Å²) >= 11 is 3.27. The van der Waals surface area contributed by atoms with E-state index in [4.69, 9.17) is 4.74 Å². The molecule has 6 nitrogen and oxygen atoms in total. The molecule has 2 heterocycles. The van der Waals surface area contributed by atoms with E-state index in [9.17, 15) is 4.79 Å². The number of carbonyl (C=O) groups is 1. The second-order valence-corrected chi connectivity index (χ2v) is 9.19. The summed E-state index contributed by atoms with van der Waals surface area (Å²) in [5.74, 6) is 1.86. The van der Waals surface area contributed by atoms with Crippen LogP contribution < -0.4 is 10.1 Å². The van der Waals surface area contributed by atoms with E-state index in [-0.39, 0.29) is 11.7 Å². The third kappa shape index (κ3) is 4.54. The van der Waals surface area contributed by atoms with Crippen molar-refractivity contribution in [2.45, 2.75) is 50.7 Å². The number of nitrogens with zero attached hydrogens (tertiary/aromatic N) is 3. The van der Waals surface area contributed by atoms with Gasteiger partial charge >= 0.3 is 0 Å². The number of ether oxygens (including phenoxy) is 1. The van der Waals surface area contributed by atoms with Crippen LogP contribution in [-0.2, 0) is 24.2 Å². The highest BCUT2D eigenvalue weighted by molar-refractivity contribution is 7.99. The number of benzene rings is 1. The number of carbonyl (C=O) groups excluding carboxylic acids is 1. The summed E-state index contributed by atoms with van der Waals surface area (Å²) in [4.78, 5) is 13.9. The largest absolute Gasteiger partial charge is 0.497 e. The number of rotatable bonds is 8. The van der Waals surface area contributed by atoms with Crippen LogP contribution in [0.5, 0.6) is 5.75 Å².